The van der Waals surface area contributed by atoms with Crippen molar-refractivity contribution in [3.8, 4) is 0 Å². The van der Waals surface area contributed by atoms with Gasteiger partial charge in [0.1, 0.15) is 5.69 Å². The second kappa shape index (κ2) is 4.07. The topological polar surface area (TPSA) is 55.4 Å². The number of furan rings is 1. The summed E-state index contributed by atoms with van der Waals surface area (Å²) >= 11 is 0. The lowest BCUT2D eigenvalue weighted by atomic mass is 10.2. The van der Waals surface area contributed by atoms with Crippen molar-refractivity contribution >= 4 is 17.1 Å². The Kier molecular flexibility index (Phi) is 2.41. The van der Waals surface area contributed by atoms with E-state index in [0.29, 0.717) is 12.1 Å². The molecule has 0 unspecified atom stereocenters. The van der Waals surface area contributed by atoms with Crippen molar-refractivity contribution in [2.45, 2.75) is 6.54 Å². The van der Waals surface area contributed by atoms with Gasteiger partial charge in [0.15, 0.2) is 5.58 Å². The van der Waals surface area contributed by atoms with Gasteiger partial charge in [0.25, 0.3) is 0 Å². The summed E-state index contributed by atoms with van der Waals surface area (Å²) < 4.78 is 6.99. The molecular weight excluding hydrogens is 230 g/mol. The molecule has 2 aromatic heterocycles. The molecule has 0 saturated heterocycles. The first-order chi connectivity index (χ1) is 8.75. The van der Waals surface area contributed by atoms with E-state index in [1.807, 2.05) is 30.3 Å². The highest BCUT2D eigenvalue weighted by Gasteiger charge is 2.16. The maximum atomic E-state index is 11.2. The van der Waals surface area contributed by atoms with Crippen LogP contribution in [-0.2, 0) is 6.54 Å². The van der Waals surface area contributed by atoms with Gasteiger partial charge in [-0.1, -0.05) is 30.3 Å². The molecule has 4 nitrogen and oxygen atoms in total. The minimum atomic E-state index is -0.947. The van der Waals surface area contributed by atoms with Crippen LogP contribution in [0.2, 0.25) is 0 Å². The molecule has 0 radical (unpaired) electrons. The highest BCUT2D eigenvalue weighted by molar-refractivity contribution is 5.92. The number of hydrogen-bond acceptors (Lipinski definition) is 2. The van der Waals surface area contributed by atoms with Gasteiger partial charge in [-0.2, -0.15) is 0 Å². The molecule has 4 heteroatoms. The summed E-state index contributed by atoms with van der Waals surface area (Å²) in [6.45, 7) is 0.519. The molecular formula is C14H11NO3. The Morgan fingerprint density at radius 2 is 2.00 bits per heavy atom. The average molecular weight is 241 g/mol. The van der Waals surface area contributed by atoms with Crippen LogP contribution >= 0.6 is 0 Å². The molecule has 0 bridgehead atoms. The Morgan fingerprint density at radius 1 is 1.22 bits per heavy atom. The molecule has 0 spiro atoms. The van der Waals surface area contributed by atoms with Gasteiger partial charge in [-0.05, 0) is 5.56 Å². The SMILES string of the molecule is O=C(O)c1cc2occc2n1Cc1ccccc1. The third-order valence-electron chi connectivity index (χ3n) is 2.93. The summed E-state index contributed by atoms with van der Waals surface area (Å²) in [5.74, 6) is -0.947. The van der Waals surface area contributed by atoms with E-state index in [-0.39, 0.29) is 5.69 Å². The van der Waals surface area contributed by atoms with Crippen molar-refractivity contribution in [2.75, 3.05) is 0 Å². The third kappa shape index (κ3) is 1.68. The van der Waals surface area contributed by atoms with E-state index in [1.54, 1.807) is 23.0 Å². The fourth-order valence-electron chi connectivity index (χ4n) is 2.09. The number of carboxylic acid groups (broad SMARTS) is 1. The Labute approximate surface area is 103 Å². The first-order valence-electron chi connectivity index (χ1n) is 5.59. The molecule has 1 aromatic carbocycles. The molecule has 0 aliphatic rings. The zero-order valence-electron chi connectivity index (χ0n) is 9.54. The van der Waals surface area contributed by atoms with Crippen molar-refractivity contribution in [1.82, 2.24) is 4.57 Å². The van der Waals surface area contributed by atoms with E-state index >= 15 is 0 Å². The van der Waals surface area contributed by atoms with Crippen LogP contribution in [-0.4, -0.2) is 15.6 Å². The number of aromatic nitrogens is 1. The van der Waals surface area contributed by atoms with Crippen LogP contribution in [0.5, 0.6) is 0 Å². The van der Waals surface area contributed by atoms with E-state index in [0.717, 1.165) is 11.1 Å². The van der Waals surface area contributed by atoms with Crippen LogP contribution in [0.3, 0.4) is 0 Å². The van der Waals surface area contributed by atoms with E-state index in [2.05, 4.69) is 0 Å². The molecule has 2 heterocycles. The number of nitrogens with zero attached hydrogens (tertiary/aromatic N) is 1. The van der Waals surface area contributed by atoms with Gasteiger partial charge in [0, 0.05) is 18.7 Å². The molecule has 0 saturated carbocycles. The minimum Gasteiger partial charge on any atom is -0.477 e. The van der Waals surface area contributed by atoms with Crippen LogP contribution in [0.4, 0.5) is 0 Å². The first-order valence-corrected chi connectivity index (χ1v) is 5.59. The van der Waals surface area contributed by atoms with Crippen LogP contribution in [0, 0.1) is 0 Å². The number of carbonyl (C=O) groups is 1. The summed E-state index contributed by atoms with van der Waals surface area (Å²) in [5, 5.41) is 9.20. The number of rotatable bonds is 3. The van der Waals surface area contributed by atoms with Gasteiger partial charge in [-0.3, -0.25) is 0 Å². The third-order valence-corrected chi connectivity index (χ3v) is 2.93. The van der Waals surface area contributed by atoms with Gasteiger partial charge in [0.2, 0.25) is 0 Å². The number of benzene rings is 1. The molecule has 1 N–H and O–H groups in total. The molecule has 0 fully saturated rings. The Balaban J connectivity index is 2.11. The highest BCUT2D eigenvalue weighted by Crippen LogP contribution is 2.22. The number of fused-ring (bicyclic) bond motifs is 1. The van der Waals surface area contributed by atoms with Crippen molar-refractivity contribution in [1.29, 1.82) is 0 Å². The zero-order valence-corrected chi connectivity index (χ0v) is 9.54. The second-order valence-electron chi connectivity index (χ2n) is 4.08. The van der Waals surface area contributed by atoms with Crippen molar-refractivity contribution < 1.29 is 14.3 Å². The maximum absolute atomic E-state index is 11.2. The molecule has 0 atom stereocenters. The van der Waals surface area contributed by atoms with Crippen LogP contribution in [0.25, 0.3) is 11.1 Å². The lowest BCUT2D eigenvalue weighted by Gasteiger charge is -2.07. The number of aromatic carboxylic acids is 1. The summed E-state index contributed by atoms with van der Waals surface area (Å²) in [7, 11) is 0. The average Bonchev–Trinajstić information content (AvgIpc) is 2.93. The normalized spacial score (nSPS) is 10.9. The van der Waals surface area contributed by atoms with Crippen molar-refractivity contribution in [2.24, 2.45) is 0 Å². The smallest absolute Gasteiger partial charge is 0.352 e. The van der Waals surface area contributed by atoms with Gasteiger partial charge in [-0.15, -0.1) is 0 Å². The predicted molar refractivity (Wildman–Crippen MR) is 66.7 cm³/mol. The van der Waals surface area contributed by atoms with Gasteiger partial charge in [0.05, 0.1) is 11.8 Å². The molecule has 0 aliphatic heterocycles. The Morgan fingerprint density at radius 3 is 2.72 bits per heavy atom. The molecule has 0 aliphatic carbocycles. The lowest BCUT2D eigenvalue weighted by molar-refractivity contribution is 0.0686. The van der Waals surface area contributed by atoms with Gasteiger partial charge < -0.3 is 14.1 Å². The standard InChI is InChI=1S/C14H11NO3/c16-14(17)12-8-13-11(6-7-18-13)15(12)9-10-4-2-1-3-5-10/h1-8H,9H2,(H,16,17). The lowest BCUT2D eigenvalue weighted by Crippen LogP contribution is -2.09. The molecule has 0 amide bonds. The van der Waals surface area contributed by atoms with Gasteiger partial charge >= 0.3 is 5.97 Å². The van der Waals surface area contributed by atoms with E-state index in [9.17, 15) is 9.90 Å². The fourth-order valence-corrected chi connectivity index (χ4v) is 2.09. The van der Waals surface area contributed by atoms with Crippen LogP contribution < -0.4 is 0 Å². The largest absolute Gasteiger partial charge is 0.477 e. The second-order valence-corrected chi connectivity index (χ2v) is 4.08. The van der Waals surface area contributed by atoms with Crippen molar-refractivity contribution in [3.63, 3.8) is 0 Å². The molecule has 90 valence electrons. The van der Waals surface area contributed by atoms with E-state index in [1.165, 1.54) is 0 Å². The van der Waals surface area contributed by atoms with E-state index in [4.69, 9.17) is 4.42 Å². The molecule has 3 aromatic rings. The summed E-state index contributed by atoms with van der Waals surface area (Å²) in [6.07, 6.45) is 1.57. The summed E-state index contributed by atoms with van der Waals surface area (Å²) in [6, 6.07) is 13.1. The molecule has 3 rings (SSSR count). The quantitative estimate of drug-likeness (QED) is 0.766. The van der Waals surface area contributed by atoms with Crippen LogP contribution in [0.1, 0.15) is 16.1 Å². The Hall–Kier alpha value is -2.49. The predicted octanol–water partition coefficient (Wildman–Crippen LogP) is 2.98. The first kappa shape index (κ1) is 10.7. The molecule has 18 heavy (non-hydrogen) atoms. The zero-order chi connectivity index (χ0) is 12.5. The summed E-state index contributed by atoms with van der Waals surface area (Å²) in [5.41, 5.74) is 2.70. The van der Waals surface area contributed by atoms with Gasteiger partial charge in [-0.25, -0.2) is 4.79 Å². The summed E-state index contributed by atoms with van der Waals surface area (Å²) in [4.78, 5) is 11.2. The number of hydrogen-bond donors (Lipinski definition) is 1. The van der Waals surface area contributed by atoms with Crippen LogP contribution in [0.15, 0.2) is 53.1 Å². The number of carboxylic acids is 1. The maximum Gasteiger partial charge on any atom is 0.352 e. The monoisotopic (exact) mass is 241 g/mol. The van der Waals surface area contributed by atoms with E-state index < -0.39 is 5.97 Å². The minimum absolute atomic E-state index is 0.244. The Bertz CT molecular complexity index is 694. The van der Waals surface area contributed by atoms with Crippen molar-refractivity contribution in [3.05, 3.63) is 60.0 Å². The highest BCUT2D eigenvalue weighted by atomic mass is 16.4. The fraction of sp³-hybridized carbons (Fsp3) is 0.0714.